The minimum Gasteiger partial charge on any atom is -0.380 e. The summed E-state index contributed by atoms with van der Waals surface area (Å²) in [6.45, 7) is 1.54. The van der Waals surface area contributed by atoms with Crippen LogP contribution < -0.4 is 5.32 Å². The quantitative estimate of drug-likeness (QED) is 0.918. The SMILES string of the molecule is COCc1ccccc1CNC1CCCc2c1cnn2C. The molecule has 1 unspecified atom stereocenters. The molecule has 0 aliphatic heterocycles. The summed E-state index contributed by atoms with van der Waals surface area (Å²) >= 11 is 0. The molecule has 21 heavy (non-hydrogen) atoms. The molecular weight excluding hydrogens is 262 g/mol. The van der Waals surface area contributed by atoms with E-state index in [-0.39, 0.29) is 0 Å². The highest BCUT2D eigenvalue weighted by Gasteiger charge is 2.22. The van der Waals surface area contributed by atoms with Crippen LogP contribution in [0.4, 0.5) is 0 Å². The number of hydrogen-bond acceptors (Lipinski definition) is 3. The van der Waals surface area contributed by atoms with Gasteiger partial charge in [-0.15, -0.1) is 0 Å². The largest absolute Gasteiger partial charge is 0.380 e. The summed E-state index contributed by atoms with van der Waals surface area (Å²) in [6.07, 6.45) is 5.58. The first-order valence-corrected chi connectivity index (χ1v) is 7.59. The van der Waals surface area contributed by atoms with Gasteiger partial charge in [-0.05, 0) is 30.4 Å². The minimum atomic E-state index is 0.415. The summed E-state index contributed by atoms with van der Waals surface area (Å²) in [5, 5.41) is 8.10. The van der Waals surface area contributed by atoms with E-state index >= 15 is 0 Å². The second-order valence-electron chi connectivity index (χ2n) is 5.70. The average Bonchev–Trinajstić information content (AvgIpc) is 2.89. The Balaban J connectivity index is 1.71. The van der Waals surface area contributed by atoms with Gasteiger partial charge >= 0.3 is 0 Å². The first kappa shape index (κ1) is 14.3. The van der Waals surface area contributed by atoms with Crippen LogP contribution >= 0.6 is 0 Å². The number of hydrogen-bond donors (Lipinski definition) is 1. The van der Waals surface area contributed by atoms with Crippen molar-refractivity contribution in [1.82, 2.24) is 15.1 Å². The summed E-state index contributed by atoms with van der Waals surface area (Å²) in [5.41, 5.74) is 5.32. The average molecular weight is 285 g/mol. The van der Waals surface area contributed by atoms with Crippen molar-refractivity contribution in [2.75, 3.05) is 7.11 Å². The monoisotopic (exact) mass is 285 g/mol. The van der Waals surface area contributed by atoms with E-state index in [9.17, 15) is 0 Å². The molecule has 0 bridgehead atoms. The molecule has 1 aliphatic rings. The Kier molecular flexibility index (Phi) is 4.36. The lowest BCUT2D eigenvalue weighted by Crippen LogP contribution is -2.25. The van der Waals surface area contributed by atoms with Gasteiger partial charge < -0.3 is 10.1 Å². The smallest absolute Gasteiger partial charge is 0.0716 e. The lowest BCUT2D eigenvalue weighted by Gasteiger charge is -2.24. The molecule has 1 aliphatic carbocycles. The first-order valence-electron chi connectivity index (χ1n) is 7.59. The summed E-state index contributed by atoms with van der Waals surface area (Å²) in [4.78, 5) is 0. The maximum absolute atomic E-state index is 5.28. The number of methoxy groups -OCH3 is 1. The normalized spacial score (nSPS) is 17.7. The predicted molar refractivity (Wildman–Crippen MR) is 82.9 cm³/mol. The molecule has 1 atom stereocenters. The molecule has 0 amide bonds. The molecule has 1 heterocycles. The molecule has 112 valence electrons. The molecule has 4 heteroatoms. The van der Waals surface area contributed by atoms with Crippen LogP contribution in [0.15, 0.2) is 30.5 Å². The number of rotatable bonds is 5. The number of benzene rings is 1. The second kappa shape index (κ2) is 6.41. The fraction of sp³-hybridized carbons (Fsp3) is 0.471. The Morgan fingerprint density at radius 3 is 2.95 bits per heavy atom. The van der Waals surface area contributed by atoms with Crippen LogP contribution in [-0.2, 0) is 31.4 Å². The molecule has 4 nitrogen and oxygen atoms in total. The molecule has 0 saturated heterocycles. The highest BCUT2D eigenvalue weighted by molar-refractivity contribution is 5.28. The third-order valence-electron chi connectivity index (χ3n) is 4.33. The molecule has 1 N–H and O–H groups in total. The van der Waals surface area contributed by atoms with Crippen molar-refractivity contribution in [2.24, 2.45) is 7.05 Å². The number of aryl methyl sites for hydroxylation is 1. The predicted octanol–water partition coefficient (Wildman–Crippen LogP) is 2.73. The van der Waals surface area contributed by atoms with Crippen molar-refractivity contribution in [2.45, 2.75) is 38.5 Å². The van der Waals surface area contributed by atoms with Crippen LogP contribution in [0.5, 0.6) is 0 Å². The summed E-state index contributed by atoms with van der Waals surface area (Å²) < 4.78 is 7.29. The van der Waals surface area contributed by atoms with Gasteiger partial charge in [-0.25, -0.2) is 0 Å². The Labute approximate surface area is 126 Å². The van der Waals surface area contributed by atoms with E-state index in [1.807, 2.05) is 17.9 Å². The molecule has 0 fully saturated rings. The topological polar surface area (TPSA) is 39.1 Å². The molecular formula is C17H23N3O. The van der Waals surface area contributed by atoms with Gasteiger partial charge in [0.2, 0.25) is 0 Å². The fourth-order valence-corrected chi connectivity index (χ4v) is 3.18. The van der Waals surface area contributed by atoms with E-state index in [4.69, 9.17) is 4.74 Å². The van der Waals surface area contributed by atoms with Crippen LogP contribution in [0.1, 0.15) is 41.3 Å². The van der Waals surface area contributed by atoms with Crippen molar-refractivity contribution < 1.29 is 4.74 Å². The number of aromatic nitrogens is 2. The highest BCUT2D eigenvalue weighted by Crippen LogP contribution is 2.29. The van der Waals surface area contributed by atoms with E-state index < -0.39 is 0 Å². The van der Waals surface area contributed by atoms with Crippen molar-refractivity contribution in [3.8, 4) is 0 Å². The maximum atomic E-state index is 5.28. The Morgan fingerprint density at radius 2 is 2.14 bits per heavy atom. The van der Waals surface area contributed by atoms with Crippen LogP contribution in [0, 0.1) is 0 Å². The summed E-state index contributed by atoms with van der Waals surface area (Å²) in [5.74, 6) is 0. The molecule has 0 spiro atoms. The number of nitrogens with one attached hydrogen (secondary N) is 1. The van der Waals surface area contributed by atoms with Crippen LogP contribution in [0.3, 0.4) is 0 Å². The maximum Gasteiger partial charge on any atom is 0.0716 e. The van der Waals surface area contributed by atoms with E-state index in [1.54, 1.807) is 7.11 Å². The lowest BCUT2D eigenvalue weighted by atomic mass is 9.92. The van der Waals surface area contributed by atoms with Crippen LogP contribution in [-0.4, -0.2) is 16.9 Å². The highest BCUT2D eigenvalue weighted by atomic mass is 16.5. The standard InChI is InChI=1S/C17H23N3O/c1-20-17-9-5-8-16(15(17)11-19-20)18-10-13-6-3-4-7-14(13)12-21-2/h3-4,6-7,11,16,18H,5,8-10,12H2,1-2H3. The minimum absolute atomic E-state index is 0.415. The van der Waals surface area contributed by atoms with Crippen molar-refractivity contribution in [3.63, 3.8) is 0 Å². The zero-order valence-corrected chi connectivity index (χ0v) is 12.8. The number of fused-ring (bicyclic) bond motifs is 1. The Morgan fingerprint density at radius 1 is 1.33 bits per heavy atom. The van der Waals surface area contributed by atoms with Crippen LogP contribution in [0.2, 0.25) is 0 Å². The van der Waals surface area contributed by atoms with Gasteiger partial charge in [-0.3, -0.25) is 4.68 Å². The zero-order chi connectivity index (χ0) is 14.7. The van der Waals surface area contributed by atoms with E-state index in [0.29, 0.717) is 12.6 Å². The summed E-state index contributed by atoms with van der Waals surface area (Å²) in [7, 11) is 3.78. The number of ether oxygens (including phenoxy) is 1. The van der Waals surface area contributed by atoms with E-state index in [0.717, 1.165) is 13.0 Å². The molecule has 3 rings (SSSR count). The lowest BCUT2D eigenvalue weighted by molar-refractivity contribution is 0.184. The van der Waals surface area contributed by atoms with Gasteiger partial charge in [-0.1, -0.05) is 24.3 Å². The molecule has 1 aromatic carbocycles. The van der Waals surface area contributed by atoms with Crippen molar-refractivity contribution in [1.29, 1.82) is 0 Å². The zero-order valence-electron chi connectivity index (χ0n) is 12.8. The van der Waals surface area contributed by atoms with Crippen molar-refractivity contribution >= 4 is 0 Å². The van der Waals surface area contributed by atoms with Gasteiger partial charge in [0, 0.05) is 38.0 Å². The summed E-state index contributed by atoms with van der Waals surface area (Å²) in [6, 6.07) is 8.88. The molecule has 1 aromatic heterocycles. The third-order valence-corrected chi connectivity index (χ3v) is 4.33. The van der Waals surface area contributed by atoms with Crippen LogP contribution in [0.25, 0.3) is 0 Å². The van der Waals surface area contributed by atoms with Gasteiger partial charge in [0.25, 0.3) is 0 Å². The Bertz CT molecular complexity index is 606. The first-order chi connectivity index (χ1) is 10.3. The van der Waals surface area contributed by atoms with E-state index in [2.05, 4.69) is 34.7 Å². The van der Waals surface area contributed by atoms with Gasteiger partial charge in [0.15, 0.2) is 0 Å². The molecule has 0 radical (unpaired) electrons. The third kappa shape index (κ3) is 3.01. The van der Waals surface area contributed by atoms with Gasteiger partial charge in [-0.2, -0.15) is 5.10 Å². The molecule has 2 aromatic rings. The van der Waals surface area contributed by atoms with Gasteiger partial charge in [0.1, 0.15) is 0 Å². The second-order valence-corrected chi connectivity index (χ2v) is 5.70. The van der Waals surface area contributed by atoms with Crippen molar-refractivity contribution in [3.05, 3.63) is 52.8 Å². The molecule has 0 saturated carbocycles. The Hall–Kier alpha value is -1.65. The van der Waals surface area contributed by atoms with Gasteiger partial charge in [0.05, 0.1) is 12.8 Å². The number of nitrogens with zero attached hydrogens (tertiary/aromatic N) is 2. The van der Waals surface area contributed by atoms with E-state index in [1.165, 1.54) is 35.2 Å². The fourth-order valence-electron chi connectivity index (χ4n) is 3.18.